The summed E-state index contributed by atoms with van der Waals surface area (Å²) < 4.78 is 24.6. The molecule has 1 unspecified atom stereocenters. The van der Waals surface area contributed by atoms with Gasteiger partial charge in [-0.15, -0.1) is 10.2 Å². The van der Waals surface area contributed by atoms with Gasteiger partial charge in [0.25, 0.3) is 5.91 Å². The average Bonchev–Trinajstić information content (AvgIpc) is 3.30. The van der Waals surface area contributed by atoms with E-state index in [9.17, 15) is 9.18 Å². The van der Waals surface area contributed by atoms with Crippen molar-refractivity contribution in [3.8, 4) is 17.2 Å². The van der Waals surface area contributed by atoms with Gasteiger partial charge >= 0.3 is 0 Å². The first-order valence-corrected chi connectivity index (χ1v) is 9.44. The van der Waals surface area contributed by atoms with Crippen LogP contribution >= 0.6 is 0 Å². The molecule has 1 aliphatic heterocycles. The van der Waals surface area contributed by atoms with Gasteiger partial charge in [0.1, 0.15) is 5.69 Å². The molecular weight excluding hydrogens is 375 g/mol. The van der Waals surface area contributed by atoms with Crippen LogP contribution in [-0.4, -0.2) is 53.3 Å². The van der Waals surface area contributed by atoms with Gasteiger partial charge in [0.2, 0.25) is 0 Å². The molecule has 0 spiro atoms. The number of hydrogen-bond donors (Lipinski definition) is 0. The number of benzene rings is 1. The molecule has 1 fully saturated rings. The van der Waals surface area contributed by atoms with Crippen LogP contribution < -0.4 is 9.64 Å². The van der Waals surface area contributed by atoms with Crippen LogP contribution in [-0.2, 0) is 4.79 Å². The Morgan fingerprint density at radius 3 is 2.52 bits per heavy atom. The van der Waals surface area contributed by atoms with E-state index in [1.807, 2.05) is 18.2 Å². The highest BCUT2D eigenvalue weighted by molar-refractivity contribution is 5.81. The second-order valence-electron chi connectivity index (χ2n) is 6.76. The van der Waals surface area contributed by atoms with Crippen LogP contribution in [0.5, 0.6) is 5.75 Å². The summed E-state index contributed by atoms with van der Waals surface area (Å²) in [4.78, 5) is 16.5. The summed E-state index contributed by atoms with van der Waals surface area (Å²) in [5.41, 5.74) is 0.673. The molecule has 8 heteroatoms. The number of ether oxygens (including phenoxy) is 1. The number of carbonyl (C=O) groups is 1. The molecule has 1 aliphatic rings. The van der Waals surface area contributed by atoms with E-state index in [1.54, 1.807) is 36.3 Å². The highest BCUT2D eigenvalue weighted by atomic mass is 19.1. The average molecular weight is 396 g/mol. The first-order valence-electron chi connectivity index (χ1n) is 9.44. The first kappa shape index (κ1) is 18.9. The summed E-state index contributed by atoms with van der Waals surface area (Å²) >= 11 is 0. The summed E-state index contributed by atoms with van der Waals surface area (Å²) in [6.45, 7) is 3.97. The van der Waals surface area contributed by atoms with Crippen LogP contribution in [0.15, 0.2) is 59.2 Å². The monoisotopic (exact) mass is 396 g/mol. The van der Waals surface area contributed by atoms with Crippen molar-refractivity contribution in [1.82, 2.24) is 15.1 Å². The van der Waals surface area contributed by atoms with Gasteiger partial charge in [-0.2, -0.15) is 0 Å². The van der Waals surface area contributed by atoms with E-state index in [0.717, 1.165) is 5.82 Å². The van der Waals surface area contributed by atoms with E-state index in [-0.39, 0.29) is 11.7 Å². The van der Waals surface area contributed by atoms with Crippen molar-refractivity contribution in [3.63, 3.8) is 0 Å². The minimum atomic E-state index is -0.758. The Morgan fingerprint density at radius 1 is 1.07 bits per heavy atom. The topological polar surface area (TPSA) is 71.7 Å². The van der Waals surface area contributed by atoms with E-state index in [4.69, 9.17) is 9.15 Å². The summed E-state index contributed by atoms with van der Waals surface area (Å²) in [7, 11) is 0. The molecule has 1 saturated heterocycles. The SMILES string of the molecule is CC(Oc1ccccc1F)C(=O)N1CCN(c2ccc(-c3ccco3)nn2)CC1. The lowest BCUT2D eigenvalue weighted by atomic mass is 10.2. The maximum Gasteiger partial charge on any atom is 0.263 e. The number of halogens is 1. The number of hydrogen-bond acceptors (Lipinski definition) is 6. The second-order valence-corrected chi connectivity index (χ2v) is 6.76. The minimum absolute atomic E-state index is 0.0823. The minimum Gasteiger partial charge on any atom is -0.478 e. The molecular formula is C21H21FN4O3. The van der Waals surface area contributed by atoms with E-state index in [1.165, 1.54) is 12.1 Å². The predicted molar refractivity (Wildman–Crippen MR) is 105 cm³/mol. The van der Waals surface area contributed by atoms with E-state index >= 15 is 0 Å². The number of carbonyl (C=O) groups excluding carboxylic acids is 1. The van der Waals surface area contributed by atoms with Crippen molar-refractivity contribution in [2.45, 2.75) is 13.0 Å². The Morgan fingerprint density at radius 2 is 1.86 bits per heavy atom. The lowest BCUT2D eigenvalue weighted by molar-refractivity contribution is -0.138. The molecule has 0 saturated carbocycles. The summed E-state index contributed by atoms with van der Waals surface area (Å²) in [6.07, 6.45) is 0.837. The van der Waals surface area contributed by atoms with Gasteiger partial charge in [0.05, 0.1) is 6.26 Å². The molecule has 4 rings (SSSR count). The molecule has 0 N–H and O–H groups in total. The maximum atomic E-state index is 13.7. The third-order valence-electron chi connectivity index (χ3n) is 4.83. The molecule has 0 aliphatic carbocycles. The van der Waals surface area contributed by atoms with Crippen molar-refractivity contribution in [2.24, 2.45) is 0 Å². The normalized spacial score (nSPS) is 15.2. The molecule has 3 aromatic rings. The number of piperazine rings is 1. The Bertz CT molecular complexity index is 954. The van der Waals surface area contributed by atoms with Crippen LogP contribution in [0.25, 0.3) is 11.5 Å². The molecule has 0 radical (unpaired) electrons. The fraction of sp³-hybridized carbons (Fsp3) is 0.286. The summed E-state index contributed by atoms with van der Waals surface area (Å²) in [6, 6.07) is 13.5. The van der Waals surface area contributed by atoms with Crippen LogP contribution in [0.1, 0.15) is 6.92 Å². The zero-order valence-electron chi connectivity index (χ0n) is 16.0. The molecule has 1 amide bonds. The van der Waals surface area contributed by atoms with Crippen molar-refractivity contribution in [1.29, 1.82) is 0 Å². The van der Waals surface area contributed by atoms with Gasteiger partial charge in [-0.05, 0) is 43.3 Å². The third-order valence-corrected chi connectivity index (χ3v) is 4.83. The zero-order valence-corrected chi connectivity index (χ0v) is 16.0. The molecule has 1 atom stereocenters. The number of aromatic nitrogens is 2. The van der Waals surface area contributed by atoms with Crippen LogP contribution in [0.4, 0.5) is 10.2 Å². The fourth-order valence-corrected chi connectivity index (χ4v) is 3.24. The van der Waals surface area contributed by atoms with Crippen molar-refractivity contribution in [2.75, 3.05) is 31.1 Å². The fourth-order valence-electron chi connectivity index (χ4n) is 3.24. The highest BCUT2D eigenvalue weighted by Crippen LogP contribution is 2.21. The quantitative estimate of drug-likeness (QED) is 0.660. The maximum absolute atomic E-state index is 13.7. The van der Waals surface area contributed by atoms with E-state index < -0.39 is 11.9 Å². The smallest absolute Gasteiger partial charge is 0.263 e. The van der Waals surface area contributed by atoms with Crippen molar-refractivity contribution in [3.05, 3.63) is 60.6 Å². The number of nitrogens with zero attached hydrogens (tertiary/aromatic N) is 4. The lowest BCUT2D eigenvalue weighted by Crippen LogP contribution is -2.52. The van der Waals surface area contributed by atoms with Gasteiger partial charge < -0.3 is 19.0 Å². The van der Waals surface area contributed by atoms with Crippen molar-refractivity contribution < 1.29 is 18.3 Å². The van der Waals surface area contributed by atoms with Crippen LogP contribution in [0.3, 0.4) is 0 Å². The molecule has 1 aromatic carbocycles. The Hall–Kier alpha value is -3.42. The third kappa shape index (κ3) is 4.21. The molecule has 3 heterocycles. The van der Waals surface area contributed by atoms with E-state index in [2.05, 4.69) is 15.1 Å². The molecule has 2 aromatic heterocycles. The molecule has 150 valence electrons. The number of para-hydroxylation sites is 1. The highest BCUT2D eigenvalue weighted by Gasteiger charge is 2.27. The van der Waals surface area contributed by atoms with Gasteiger partial charge in [-0.25, -0.2) is 4.39 Å². The standard InChI is InChI=1S/C21H21FN4O3/c1-15(29-18-6-3-2-5-16(18)22)21(27)26-12-10-25(11-13-26)20-9-8-17(23-24-20)19-7-4-14-28-19/h2-9,14-15H,10-13H2,1H3. The van der Waals surface area contributed by atoms with Crippen LogP contribution in [0, 0.1) is 5.82 Å². The molecule has 29 heavy (non-hydrogen) atoms. The lowest BCUT2D eigenvalue weighted by Gasteiger charge is -2.36. The van der Waals surface area contributed by atoms with Gasteiger partial charge in [0.15, 0.2) is 29.2 Å². The zero-order chi connectivity index (χ0) is 20.2. The Labute approximate surface area is 167 Å². The number of furan rings is 1. The van der Waals surface area contributed by atoms with Crippen molar-refractivity contribution >= 4 is 11.7 Å². The summed E-state index contributed by atoms with van der Waals surface area (Å²) in [5.74, 6) is 0.867. The number of anilines is 1. The molecule has 0 bridgehead atoms. The number of rotatable bonds is 5. The largest absolute Gasteiger partial charge is 0.478 e. The molecule has 7 nitrogen and oxygen atoms in total. The number of amides is 1. The Kier molecular flexibility index (Phi) is 5.41. The second kappa shape index (κ2) is 8.30. The van der Waals surface area contributed by atoms with E-state index in [0.29, 0.717) is 37.6 Å². The Balaban J connectivity index is 1.33. The summed E-state index contributed by atoms with van der Waals surface area (Å²) in [5, 5.41) is 8.49. The van der Waals surface area contributed by atoms with Crippen LogP contribution in [0.2, 0.25) is 0 Å². The van der Waals surface area contributed by atoms with Gasteiger partial charge in [-0.1, -0.05) is 12.1 Å². The first-order chi connectivity index (χ1) is 14.1. The van der Waals surface area contributed by atoms with Gasteiger partial charge in [0, 0.05) is 26.2 Å². The van der Waals surface area contributed by atoms with Gasteiger partial charge in [-0.3, -0.25) is 4.79 Å². The predicted octanol–water partition coefficient (Wildman–Crippen LogP) is 2.99.